The molecule has 3 aromatic rings. The van der Waals surface area contributed by atoms with E-state index >= 15 is 0 Å². The molecule has 0 radical (unpaired) electrons. The molecule has 21 heavy (non-hydrogen) atoms. The number of hydrogen-bond acceptors (Lipinski definition) is 3. The van der Waals surface area contributed by atoms with Crippen LogP contribution >= 0.6 is 0 Å². The van der Waals surface area contributed by atoms with Crippen LogP contribution in [0.25, 0.3) is 16.9 Å². The van der Waals surface area contributed by atoms with E-state index in [1.54, 1.807) is 10.9 Å². The third-order valence-electron chi connectivity index (χ3n) is 4.20. The number of nitrogens with zero attached hydrogens (tertiary/aromatic N) is 3. The van der Waals surface area contributed by atoms with Gasteiger partial charge < -0.3 is 4.98 Å². The average molecular weight is 280 g/mol. The monoisotopic (exact) mass is 280 g/mol. The predicted molar refractivity (Wildman–Crippen MR) is 80.9 cm³/mol. The number of H-pyrrole nitrogens is 1. The van der Waals surface area contributed by atoms with Crippen LogP contribution in [0.3, 0.4) is 0 Å². The molecule has 3 aromatic heterocycles. The lowest BCUT2D eigenvalue weighted by Gasteiger charge is -2.15. The van der Waals surface area contributed by atoms with E-state index in [1.165, 1.54) is 5.56 Å². The van der Waals surface area contributed by atoms with Gasteiger partial charge >= 0.3 is 0 Å². The third kappa shape index (κ3) is 1.81. The third-order valence-corrected chi connectivity index (χ3v) is 4.20. The van der Waals surface area contributed by atoms with Gasteiger partial charge in [0, 0.05) is 17.1 Å². The van der Waals surface area contributed by atoms with Crippen molar-refractivity contribution in [2.24, 2.45) is 0 Å². The van der Waals surface area contributed by atoms with E-state index in [2.05, 4.69) is 15.1 Å². The lowest BCUT2D eigenvalue weighted by atomic mass is 9.90. The fourth-order valence-corrected chi connectivity index (χ4v) is 3.26. The van der Waals surface area contributed by atoms with E-state index in [1.807, 2.05) is 25.1 Å². The van der Waals surface area contributed by atoms with Crippen molar-refractivity contribution >= 4 is 11.0 Å². The van der Waals surface area contributed by atoms with Crippen molar-refractivity contribution in [2.75, 3.05) is 0 Å². The van der Waals surface area contributed by atoms with Gasteiger partial charge in [0.2, 0.25) is 0 Å². The summed E-state index contributed by atoms with van der Waals surface area (Å²) >= 11 is 0. The van der Waals surface area contributed by atoms with E-state index in [4.69, 9.17) is 0 Å². The second kappa shape index (κ2) is 4.55. The summed E-state index contributed by atoms with van der Waals surface area (Å²) in [6, 6.07) is 5.68. The Morgan fingerprint density at radius 1 is 1.19 bits per heavy atom. The Hall–Kier alpha value is -2.43. The quantitative estimate of drug-likeness (QED) is 0.744. The van der Waals surface area contributed by atoms with Crippen LogP contribution in [0, 0.1) is 6.92 Å². The number of pyridine rings is 2. The highest BCUT2D eigenvalue weighted by Crippen LogP contribution is 2.28. The largest absolute Gasteiger partial charge is 0.306 e. The van der Waals surface area contributed by atoms with Crippen LogP contribution in [-0.2, 0) is 12.8 Å². The zero-order valence-corrected chi connectivity index (χ0v) is 11.9. The number of aryl methyl sites for hydroxylation is 2. The van der Waals surface area contributed by atoms with Gasteiger partial charge in [-0.15, -0.1) is 0 Å². The lowest BCUT2D eigenvalue weighted by Crippen LogP contribution is -2.20. The standard InChI is InChI=1S/C16H16N4O/c1-10-14-11-6-2-3-7-12(11)16(21)18-15(14)20(19-10)13-8-4-5-9-17-13/h4-5,8-9H,2-3,6-7H2,1H3,(H,18,21). The molecule has 1 aliphatic rings. The maximum atomic E-state index is 12.4. The van der Waals surface area contributed by atoms with Crippen molar-refractivity contribution in [3.8, 4) is 5.82 Å². The van der Waals surface area contributed by atoms with Gasteiger partial charge in [-0.1, -0.05) is 6.07 Å². The molecule has 0 fully saturated rings. The molecule has 0 spiro atoms. The minimum absolute atomic E-state index is 0.0225. The van der Waals surface area contributed by atoms with Crippen molar-refractivity contribution in [3.63, 3.8) is 0 Å². The number of aromatic amines is 1. The maximum absolute atomic E-state index is 12.4. The summed E-state index contributed by atoms with van der Waals surface area (Å²) in [5.41, 5.74) is 3.85. The molecule has 4 rings (SSSR count). The Kier molecular flexibility index (Phi) is 2.67. The molecule has 1 aliphatic carbocycles. The van der Waals surface area contributed by atoms with E-state index < -0.39 is 0 Å². The van der Waals surface area contributed by atoms with Gasteiger partial charge in [0.15, 0.2) is 5.82 Å². The molecule has 3 heterocycles. The van der Waals surface area contributed by atoms with Gasteiger partial charge in [0.1, 0.15) is 5.65 Å². The minimum atomic E-state index is 0.0225. The first-order valence-electron chi connectivity index (χ1n) is 7.30. The zero-order chi connectivity index (χ0) is 14.4. The molecule has 0 atom stereocenters. The van der Waals surface area contributed by atoms with Gasteiger partial charge in [0.25, 0.3) is 5.56 Å². The van der Waals surface area contributed by atoms with Gasteiger partial charge in [-0.05, 0) is 50.3 Å². The van der Waals surface area contributed by atoms with Crippen molar-refractivity contribution in [2.45, 2.75) is 32.6 Å². The Morgan fingerprint density at radius 2 is 2.00 bits per heavy atom. The molecule has 0 bridgehead atoms. The second-order valence-corrected chi connectivity index (χ2v) is 5.53. The highest BCUT2D eigenvalue weighted by Gasteiger charge is 2.21. The van der Waals surface area contributed by atoms with Crippen LogP contribution in [0.4, 0.5) is 0 Å². The predicted octanol–water partition coefficient (Wildman–Crippen LogP) is 2.30. The summed E-state index contributed by atoms with van der Waals surface area (Å²) in [4.78, 5) is 19.7. The molecule has 0 saturated heterocycles. The molecular weight excluding hydrogens is 264 g/mol. The van der Waals surface area contributed by atoms with Crippen LogP contribution in [0.2, 0.25) is 0 Å². The summed E-state index contributed by atoms with van der Waals surface area (Å²) in [6.07, 6.45) is 5.79. The van der Waals surface area contributed by atoms with Crippen molar-refractivity contribution in [1.29, 1.82) is 0 Å². The van der Waals surface area contributed by atoms with Gasteiger partial charge in [0.05, 0.1) is 5.69 Å². The van der Waals surface area contributed by atoms with Gasteiger partial charge in [-0.25, -0.2) is 4.98 Å². The van der Waals surface area contributed by atoms with Crippen molar-refractivity contribution in [1.82, 2.24) is 19.7 Å². The number of rotatable bonds is 1. The molecule has 0 aromatic carbocycles. The number of fused-ring (bicyclic) bond motifs is 3. The minimum Gasteiger partial charge on any atom is -0.306 e. The van der Waals surface area contributed by atoms with Crippen LogP contribution in [0.5, 0.6) is 0 Å². The molecular formula is C16H16N4O. The van der Waals surface area contributed by atoms with E-state index in [-0.39, 0.29) is 5.56 Å². The average Bonchev–Trinajstić information content (AvgIpc) is 2.85. The Bertz CT molecular complexity index is 877. The summed E-state index contributed by atoms with van der Waals surface area (Å²) in [6.45, 7) is 2.00. The number of nitrogens with one attached hydrogen (secondary N) is 1. The fraction of sp³-hybridized carbons (Fsp3) is 0.312. The van der Waals surface area contributed by atoms with Crippen LogP contribution in [-0.4, -0.2) is 19.7 Å². The highest BCUT2D eigenvalue weighted by molar-refractivity contribution is 5.84. The first-order chi connectivity index (χ1) is 10.3. The summed E-state index contributed by atoms with van der Waals surface area (Å²) < 4.78 is 1.74. The lowest BCUT2D eigenvalue weighted by molar-refractivity contribution is 0.682. The maximum Gasteiger partial charge on any atom is 0.253 e. The smallest absolute Gasteiger partial charge is 0.253 e. The highest BCUT2D eigenvalue weighted by atomic mass is 16.1. The molecule has 0 saturated carbocycles. The zero-order valence-electron chi connectivity index (χ0n) is 11.9. The van der Waals surface area contributed by atoms with Crippen LogP contribution in [0.15, 0.2) is 29.2 Å². The molecule has 5 nitrogen and oxygen atoms in total. The Balaban J connectivity index is 2.08. The van der Waals surface area contributed by atoms with E-state index in [0.717, 1.165) is 53.8 Å². The van der Waals surface area contributed by atoms with Crippen LogP contribution < -0.4 is 5.56 Å². The summed E-state index contributed by atoms with van der Waals surface area (Å²) in [7, 11) is 0. The number of aromatic nitrogens is 4. The number of hydrogen-bond donors (Lipinski definition) is 1. The van der Waals surface area contributed by atoms with Gasteiger partial charge in [-0.3, -0.25) is 4.79 Å². The summed E-state index contributed by atoms with van der Waals surface area (Å²) in [5, 5.41) is 5.69. The first-order valence-corrected chi connectivity index (χ1v) is 7.30. The molecule has 0 amide bonds. The fourth-order valence-electron chi connectivity index (χ4n) is 3.26. The van der Waals surface area contributed by atoms with E-state index in [0.29, 0.717) is 0 Å². The van der Waals surface area contributed by atoms with Crippen LogP contribution in [0.1, 0.15) is 29.7 Å². The van der Waals surface area contributed by atoms with Crippen molar-refractivity contribution < 1.29 is 0 Å². The molecule has 0 unspecified atom stereocenters. The SMILES string of the molecule is Cc1nn(-c2ccccn2)c2[nH]c(=O)c3c(c12)CCCC3. The topological polar surface area (TPSA) is 63.6 Å². The van der Waals surface area contributed by atoms with Gasteiger partial charge in [-0.2, -0.15) is 9.78 Å². The normalized spacial score (nSPS) is 14.3. The Labute approximate surface area is 121 Å². The second-order valence-electron chi connectivity index (χ2n) is 5.53. The molecule has 0 aliphatic heterocycles. The first kappa shape index (κ1) is 12.3. The van der Waals surface area contributed by atoms with Crippen molar-refractivity contribution in [3.05, 3.63) is 51.6 Å². The molecule has 1 N–H and O–H groups in total. The van der Waals surface area contributed by atoms with E-state index in [9.17, 15) is 4.79 Å². The Morgan fingerprint density at radius 3 is 2.76 bits per heavy atom. The molecule has 106 valence electrons. The summed E-state index contributed by atoms with van der Waals surface area (Å²) in [5.74, 6) is 0.724. The molecule has 5 heteroatoms.